The molecule has 0 bridgehead atoms. The van der Waals surface area contributed by atoms with Crippen molar-refractivity contribution in [1.29, 1.82) is 0 Å². The summed E-state index contributed by atoms with van der Waals surface area (Å²) in [4.78, 5) is 0. The molecule has 0 aromatic heterocycles. The predicted molar refractivity (Wildman–Crippen MR) is 32.5 cm³/mol. The molecule has 8 heavy (non-hydrogen) atoms. The first-order valence-corrected chi connectivity index (χ1v) is 2.01. The smallest absolute Gasteiger partial charge is 0.138 e. The van der Waals surface area contributed by atoms with Crippen molar-refractivity contribution in [2.75, 3.05) is 5.73 Å². The van der Waals surface area contributed by atoms with E-state index in [9.17, 15) is 0 Å². The van der Waals surface area contributed by atoms with Crippen molar-refractivity contribution in [2.24, 2.45) is 0 Å². The molecule has 0 spiro atoms. The molecule has 1 rings (SSSR count). The van der Waals surface area contributed by atoms with E-state index in [-0.39, 0.29) is 5.69 Å². The molecule has 1 aromatic rings. The monoisotopic (exact) mass is 113 g/mol. The van der Waals surface area contributed by atoms with Crippen LogP contribution in [0.4, 0.5) is 5.69 Å². The summed E-state index contributed by atoms with van der Waals surface area (Å²) in [5.41, 5.74) is 4.87. The number of rotatable bonds is 0. The topological polar surface area (TPSA) is 46.2 Å². The number of anilines is 1. The molecule has 0 atom stereocenters. The fourth-order valence-corrected chi connectivity index (χ4v) is 0.316. The lowest BCUT2D eigenvalue weighted by Crippen LogP contribution is -1.82. The number of hydrogen-bond donors (Lipinski definition) is 2. The van der Waals surface area contributed by atoms with Gasteiger partial charge in [0, 0.05) is 0 Å². The molecule has 0 radical (unpaired) electrons. The fraction of sp³-hybridized carbons (Fsp3) is 0. The average Bonchev–Trinajstić information content (AvgIpc) is 2.08. The lowest BCUT2D eigenvalue weighted by atomic mass is 10.3. The van der Waals surface area contributed by atoms with Crippen LogP contribution in [-0.2, 0) is 0 Å². The highest BCUT2D eigenvalue weighted by molar-refractivity contribution is 5.50. The molecule has 1 aromatic carbocycles. The van der Waals surface area contributed by atoms with E-state index < -0.39 is 29.9 Å². The summed E-state index contributed by atoms with van der Waals surface area (Å²) in [5.74, 6) is -0.596. The lowest BCUT2D eigenvalue weighted by Gasteiger charge is -1.92. The van der Waals surface area contributed by atoms with Crippen LogP contribution in [0.2, 0.25) is 0 Å². The van der Waals surface area contributed by atoms with Crippen molar-refractivity contribution in [3.05, 3.63) is 24.2 Å². The lowest BCUT2D eigenvalue weighted by molar-refractivity contribution is 0.478. The van der Waals surface area contributed by atoms with Crippen LogP contribution in [0, 0.1) is 0 Å². The van der Waals surface area contributed by atoms with E-state index in [0.717, 1.165) is 0 Å². The van der Waals surface area contributed by atoms with Gasteiger partial charge < -0.3 is 10.8 Å². The molecule has 2 nitrogen and oxygen atoms in total. The number of phenolic OH excluding ortho intramolecular Hbond substituents is 1. The maximum Gasteiger partial charge on any atom is 0.138 e. The maximum atomic E-state index is 9.06. The summed E-state index contributed by atoms with van der Waals surface area (Å²) in [5, 5.41) is 9.06. The van der Waals surface area contributed by atoms with Gasteiger partial charge in [0.05, 0.1) is 11.2 Å². The van der Waals surface area contributed by atoms with Crippen LogP contribution in [0.3, 0.4) is 0 Å². The fourth-order valence-electron chi connectivity index (χ4n) is 0.316. The number of para-hydroxylation sites is 2. The maximum absolute atomic E-state index is 9.06. The van der Waals surface area contributed by atoms with Gasteiger partial charge >= 0.3 is 0 Å². The van der Waals surface area contributed by atoms with E-state index in [0.29, 0.717) is 0 Å². The van der Waals surface area contributed by atoms with Crippen LogP contribution in [-0.4, -0.2) is 5.11 Å². The van der Waals surface area contributed by atoms with Crippen LogP contribution in [0.15, 0.2) is 24.2 Å². The van der Waals surface area contributed by atoms with Crippen LogP contribution < -0.4 is 5.73 Å². The Bertz CT molecular complexity index is 234. The molecule has 0 fully saturated rings. The van der Waals surface area contributed by atoms with E-state index in [1.807, 2.05) is 0 Å². The normalized spacial score (nSPS) is 16.0. The Labute approximate surface area is 53.2 Å². The molecule has 42 valence electrons. The van der Waals surface area contributed by atoms with Gasteiger partial charge in [-0.15, -0.1) is 0 Å². The average molecular weight is 113 g/mol. The molecule has 0 saturated heterocycles. The van der Waals surface area contributed by atoms with Gasteiger partial charge in [-0.2, -0.15) is 0 Å². The van der Waals surface area contributed by atoms with Crippen LogP contribution >= 0.6 is 0 Å². The largest absolute Gasteiger partial charge is 0.506 e. The third-order valence-electron chi connectivity index (χ3n) is 0.696. The van der Waals surface area contributed by atoms with Crippen molar-refractivity contribution in [2.45, 2.75) is 0 Å². The molecule has 0 aliphatic rings. The highest BCUT2D eigenvalue weighted by atomic mass is 16.3. The first-order valence-electron chi connectivity index (χ1n) is 4.01. The van der Waals surface area contributed by atoms with Gasteiger partial charge in [0.15, 0.2) is 0 Å². The van der Waals surface area contributed by atoms with E-state index in [2.05, 4.69) is 0 Å². The van der Waals surface area contributed by atoms with Gasteiger partial charge in [0.1, 0.15) is 5.75 Å². The number of aromatic hydroxyl groups is 1. The standard InChI is InChI=1S/C6H7NO/c7-5-3-1-2-4-6(5)8/h1-4,8H,7H2/i1D,2D,3D,4D. The Kier molecular flexibility index (Phi) is 0.429. The Morgan fingerprint density at radius 3 is 2.88 bits per heavy atom. The zero-order valence-corrected chi connectivity index (χ0v) is 4.02. The SMILES string of the molecule is [2H]c1c([2H])c([2H])c(O)c(N)c1[2H]. The highest BCUT2D eigenvalue weighted by Gasteiger charge is 1.87. The van der Waals surface area contributed by atoms with Gasteiger partial charge in [0.2, 0.25) is 0 Å². The third-order valence-corrected chi connectivity index (χ3v) is 0.696. The van der Waals surface area contributed by atoms with Gasteiger partial charge in [-0.3, -0.25) is 0 Å². The van der Waals surface area contributed by atoms with Crippen molar-refractivity contribution in [3.63, 3.8) is 0 Å². The van der Waals surface area contributed by atoms with E-state index in [4.69, 9.17) is 16.3 Å². The number of nitrogen functional groups attached to an aromatic ring is 1. The van der Waals surface area contributed by atoms with Gasteiger partial charge in [-0.1, -0.05) is 12.1 Å². The Balaban J connectivity index is 3.60. The third kappa shape index (κ3) is 0.729. The van der Waals surface area contributed by atoms with Crippen molar-refractivity contribution >= 4 is 5.69 Å². The van der Waals surface area contributed by atoms with Gasteiger partial charge in [-0.25, -0.2) is 0 Å². The summed E-state index contributed by atoms with van der Waals surface area (Å²) in [6.45, 7) is 0. The van der Waals surface area contributed by atoms with E-state index in [1.165, 1.54) is 0 Å². The number of nitrogens with two attached hydrogens (primary N) is 1. The minimum absolute atomic E-state index is 0.319. The molecular formula is C6H7NO. The van der Waals surface area contributed by atoms with E-state index in [1.54, 1.807) is 0 Å². The predicted octanol–water partition coefficient (Wildman–Crippen LogP) is 0.974. The first-order chi connectivity index (χ1) is 5.46. The number of benzene rings is 1. The number of hydrogen-bond acceptors (Lipinski definition) is 2. The first kappa shape index (κ1) is 1.97. The van der Waals surface area contributed by atoms with Crippen molar-refractivity contribution in [3.8, 4) is 5.75 Å². The second-order valence-electron chi connectivity index (χ2n) is 1.26. The zero-order chi connectivity index (χ0) is 9.46. The minimum atomic E-state index is -0.596. The molecule has 0 heterocycles. The Hall–Kier alpha value is -1.18. The zero-order valence-electron chi connectivity index (χ0n) is 8.02. The van der Waals surface area contributed by atoms with Crippen molar-refractivity contribution in [1.82, 2.24) is 0 Å². The summed E-state index contributed by atoms with van der Waals surface area (Å²) in [6.07, 6.45) is 0. The Morgan fingerprint density at radius 2 is 2.12 bits per heavy atom. The van der Waals surface area contributed by atoms with Crippen LogP contribution in [0.1, 0.15) is 5.48 Å². The van der Waals surface area contributed by atoms with Crippen molar-refractivity contribution < 1.29 is 10.6 Å². The molecule has 0 aliphatic heterocycles. The van der Waals surface area contributed by atoms with E-state index >= 15 is 0 Å². The Morgan fingerprint density at radius 1 is 1.50 bits per heavy atom. The summed E-state index contributed by atoms with van der Waals surface area (Å²) in [7, 11) is 0. The van der Waals surface area contributed by atoms with Crippen LogP contribution in [0.25, 0.3) is 0 Å². The molecule has 0 saturated carbocycles. The van der Waals surface area contributed by atoms with Gasteiger partial charge in [0.25, 0.3) is 0 Å². The molecule has 3 N–H and O–H groups in total. The number of phenols is 1. The highest BCUT2D eigenvalue weighted by Crippen LogP contribution is 2.16. The minimum Gasteiger partial charge on any atom is -0.506 e. The van der Waals surface area contributed by atoms with Crippen LogP contribution in [0.5, 0.6) is 5.75 Å². The quantitative estimate of drug-likeness (QED) is 0.389. The molecule has 0 aliphatic carbocycles. The molecule has 0 amide bonds. The second kappa shape index (κ2) is 1.74. The molecule has 2 heteroatoms. The molecular weight excluding hydrogens is 102 g/mol. The summed E-state index contributed by atoms with van der Waals surface area (Å²) in [6, 6.07) is -1.83. The molecule has 0 unspecified atom stereocenters. The summed E-state index contributed by atoms with van der Waals surface area (Å²) >= 11 is 0. The summed E-state index contributed by atoms with van der Waals surface area (Å²) < 4.78 is 28.5. The second-order valence-corrected chi connectivity index (χ2v) is 1.26. The van der Waals surface area contributed by atoms with Gasteiger partial charge in [-0.05, 0) is 12.1 Å².